The van der Waals surface area contributed by atoms with Crippen LogP contribution in [0.1, 0.15) is 25.8 Å². The summed E-state index contributed by atoms with van der Waals surface area (Å²) in [6.07, 6.45) is 2.38. The van der Waals surface area contributed by atoms with Crippen LogP contribution in [0, 0.1) is 0 Å². The summed E-state index contributed by atoms with van der Waals surface area (Å²) in [6.45, 7) is 3.96. The molecule has 1 saturated heterocycles. The Morgan fingerprint density at radius 3 is 2.70 bits per heavy atom. The SMILES string of the molecule is CC[C@H](C)N1C(=O)S/C(=C/c2cc3c(cc2OC)OCO3)C1=O. The first-order valence-electron chi connectivity index (χ1n) is 7.29. The molecule has 7 heteroatoms. The lowest BCUT2D eigenvalue weighted by Crippen LogP contribution is -2.36. The topological polar surface area (TPSA) is 65.1 Å². The molecule has 23 heavy (non-hydrogen) atoms. The fraction of sp³-hybridized carbons (Fsp3) is 0.375. The van der Waals surface area contributed by atoms with Gasteiger partial charge in [0, 0.05) is 17.7 Å². The molecule has 0 radical (unpaired) electrons. The third-order valence-electron chi connectivity index (χ3n) is 3.87. The lowest BCUT2D eigenvalue weighted by Gasteiger charge is -2.19. The van der Waals surface area contributed by atoms with E-state index < -0.39 is 0 Å². The number of thioether (sulfide) groups is 1. The number of rotatable bonds is 4. The van der Waals surface area contributed by atoms with Crippen LogP contribution in [-0.2, 0) is 4.79 Å². The molecule has 122 valence electrons. The molecular formula is C16H17NO5S. The number of ether oxygens (including phenoxy) is 3. The van der Waals surface area contributed by atoms with Crippen molar-refractivity contribution in [2.45, 2.75) is 26.3 Å². The highest BCUT2D eigenvalue weighted by Crippen LogP contribution is 2.41. The van der Waals surface area contributed by atoms with Gasteiger partial charge in [-0.05, 0) is 37.2 Å². The molecule has 6 nitrogen and oxygen atoms in total. The summed E-state index contributed by atoms with van der Waals surface area (Å²) in [4.78, 5) is 26.2. The summed E-state index contributed by atoms with van der Waals surface area (Å²) in [5.41, 5.74) is 0.673. The van der Waals surface area contributed by atoms with Gasteiger partial charge in [-0.15, -0.1) is 0 Å². The van der Waals surface area contributed by atoms with E-state index in [1.165, 1.54) is 4.90 Å². The van der Waals surface area contributed by atoms with Gasteiger partial charge in [-0.2, -0.15) is 0 Å². The van der Waals surface area contributed by atoms with Gasteiger partial charge in [-0.1, -0.05) is 6.92 Å². The molecule has 2 amide bonds. The van der Waals surface area contributed by atoms with Crippen LogP contribution in [0.15, 0.2) is 17.0 Å². The first-order valence-corrected chi connectivity index (χ1v) is 8.11. The summed E-state index contributed by atoms with van der Waals surface area (Å²) in [7, 11) is 1.54. The Morgan fingerprint density at radius 2 is 2.04 bits per heavy atom. The van der Waals surface area contributed by atoms with Gasteiger partial charge in [0.05, 0.1) is 12.0 Å². The number of fused-ring (bicyclic) bond motifs is 1. The smallest absolute Gasteiger partial charge is 0.293 e. The summed E-state index contributed by atoms with van der Waals surface area (Å²) in [6, 6.07) is 3.35. The lowest BCUT2D eigenvalue weighted by atomic mass is 10.1. The van der Waals surface area contributed by atoms with Gasteiger partial charge in [0.25, 0.3) is 11.1 Å². The maximum Gasteiger partial charge on any atom is 0.293 e. The molecule has 0 N–H and O–H groups in total. The molecule has 1 aromatic rings. The molecule has 2 aliphatic rings. The van der Waals surface area contributed by atoms with Gasteiger partial charge < -0.3 is 14.2 Å². The van der Waals surface area contributed by atoms with Gasteiger partial charge in [0.1, 0.15) is 5.75 Å². The highest BCUT2D eigenvalue weighted by Gasteiger charge is 2.37. The second kappa shape index (κ2) is 6.16. The maximum absolute atomic E-state index is 12.5. The molecule has 2 aliphatic heterocycles. The summed E-state index contributed by atoms with van der Waals surface area (Å²) in [5, 5.41) is -0.240. The Hall–Kier alpha value is -2.15. The molecular weight excluding hydrogens is 318 g/mol. The second-order valence-corrected chi connectivity index (χ2v) is 6.25. The van der Waals surface area contributed by atoms with Crippen molar-refractivity contribution in [1.82, 2.24) is 4.90 Å². The van der Waals surface area contributed by atoms with Crippen molar-refractivity contribution in [3.05, 3.63) is 22.6 Å². The molecule has 0 bridgehead atoms. The zero-order valence-corrected chi connectivity index (χ0v) is 13.9. The van der Waals surface area contributed by atoms with Gasteiger partial charge in [0.2, 0.25) is 6.79 Å². The van der Waals surface area contributed by atoms with Crippen LogP contribution in [-0.4, -0.2) is 36.0 Å². The Balaban J connectivity index is 1.96. The van der Waals surface area contributed by atoms with Crippen LogP contribution in [0.2, 0.25) is 0 Å². The van der Waals surface area contributed by atoms with E-state index >= 15 is 0 Å². The van der Waals surface area contributed by atoms with E-state index in [4.69, 9.17) is 14.2 Å². The summed E-state index contributed by atoms with van der Waals surface area (Å²) in [5.74, 6) is 1.49. The molecule has 0 aromatic heterocycles. The van der Waals surface area contributed by atoms with Crippen molar-refractivity contribution in [3.8, 4) is 17.2 Å². The van der Waals surface area contributed by atoms with E-state index in [9.17, 15) is 9.59 Å². The van der Waals surface area contributed by atoms with Gasteiger partial charge in [-0.3, -0.25) is 14.5 Å². The first-order chi connectivity index (χ1) is 11.0. The maximum atomic E-state index is 12.5. The predicted octanol–water partition coefficient (Wildman–Crippen LogP) is 3.26. The van der Waals surface area contributed by atoms with Crippen LogP contribution in [0.25, 0.3) is 6.08 Å². The van der Waals surface area contributed by atoms with Crippen LogP contribution in [0.5, 0.6) is 17.2 Å². The molecule has 3 rings (SSSR count). The van der Waals surface area contributed by atoms with Gasteiger partial charge in [0.15, 0.2) is 11.5 Å². The molecule has 0 aliphatic carbocycles. The van der Waals surface area contributed by atoms with E-state index in [1.807, 2.05) is 13.8 Å². The summed E-state index contributed by atoms with van der Waals surface area (Å²) < 4.78 is 16.0. The van der Waals surface area contributed by atoms with E-state index in [0.29, 0.717) is 27.7 Å². The molecule has 1 atom stereocenters. The Kier molecular flexibility index (Phi) is 4.21. The van der Waals surface area contributed by atoms with Crippen LogP contribution in [0.3, 0.4) is 0 Å². The van der Waals surface area contributed by atoms with E-state index in [2.05, 4.69) is 0 Å². The number of carbonyl (C=O) groups is 2. The average Bonchev–Trinajstić information content (AvgIpc) is 3.10. The number of nitrogens with zero attached hydrogens (tertiary/aromatic N) is 1. The lowest BCUT2D eigenvalue weighted by molar-refractivity contribution is -0.124. The van der Waals surface area contributed by atoms with E-state index in [0.717, 1.165) is 18.2 Å². The quantitative estimate of drug-likeness (QED) is 0.787. The largest absolute Gasteiger partial charge is 0.496 e. The van der Waals surface area contributed by atoms with Crippen molar-refractivity contribution in [2.24, 2.45) is 0 Å². The number of methoxy groups -OCH3 is 1. The molecule has 2 heterocycles. The van der Waals surface area contributed by atoms with Crippen molar-refractivity contribution < 1.29 is 23.8 Å². The van der Waals surface area contributed by atoms with Crippen LogP contribution < -0.4 is 14.2 Å². The number of hydrogen-bond acceptors (Lipinski definition) is 6. The average molecular weight is 335 g/mol. The third kappa shape index (κ3) is 2.76. The summed E-state index contributed by atoms with van der Waals surface area (Å²) >= 11 is 0.944. The zero-order chi connectivity index (χ0) is 16.6. The van der Waals surface area contributed by atoms with Gasteiger partial charge >= 0.3 is 0 Å². The number of benzene rings is 1. The zero-order valence-electron chi connectivity index (χ0n) is 13.1. The minimum absolute atomic E-state index is 0.118. The van der Waals surface area contributed by atoms with Crippen molar-refractivity contribution in [1.29, 1.82) is 0 Å². The molecule has 1 fully saturated rings. The number of amides is 2. The monoisotopic (exact) mass is 335 g/mol. The molecule has 0 spiro atoms. The van der Waals surface area contributed by atoms with Crippen LogP contribution >= 0.6 is 11.8 Å². The fourth-order valence-corrected chi connectivity index (χ4v) is 3.33. The highest BCUT2D eigenvalue weighted by molar-refractivity contribution is 8.18. The predicted molar refractivity (Wildman–Crippen MR) is 86.7 cm³/mol. The van der Waals surface area contributed by atoms with E-state index in [-0.39, 0.29) is 24.0 Å². The van der Waals surface area contributed by atoms with Gasteiger partial charge in [-0.25, -0.2) is 0 Å². The minimum Gasteiger partial charge on any atom is -0.496 e. The fourth-order valence-electron chi connectivity index (χ4n) is 2.41. The number of imide groups is 1. The Bertz CT molecular complexity index is 700. The van der Waals surface area contributed by atoms with Crippen molar-refractivity contribution >= 4 is 29.0 Å². The highest BCUT2D eigenvalue weighted by atomic mass is 32.2. The minimum atomic E-state index is -0.269. The van der Waals surface area contributed by atoms with E-state index in [1.54, 1.807) is 25.3 Å². The van der Waals surface area contributed by atoms with Crippen molar-refractivity contribution in [2.75, 3.05) is 13.9 Å². The molecule has 0 saturated carbocycles. The third-order valence-corrected chi connectivity index (χ3v) is 4.75. The normalized spacial score (nSPS) is 19.6. The number of carbonyl (C=O) groups excluding carboxylic acids is 2. The van der Waals surface area contributed by atoms with Crippen LogP contribution in [0.4, 0.5) is 4.79 Å². The molecule has 0 unspecified atom stereocenters. The molecule has 1 aromatic carbocycles. The Labute approximate surface area is 138 Å². The number of hydrogen-bond donors (Lipinski definition) is 0. The van der Waals surface area contributed by atoms with Crippen molar-refractivity contribution in [3.63, 3.8) is 0 Å². The standard InChI is InChI=1S/C16H17NO5S/c1-4-9(2)17-15(18)14(23-16(17)19)6-10-5-12-13(22-8-21-12)7-11(10)20-3/h5-7,9H,4,8H2,1-3H3/b14-6+/t9-/m0/s1. The first kappa shape index (κ1) is 15.7. The second-order valence-electron chi connectivity index (χ2n) is 5.26. The Morgan fingerprint density at radius 1 is 1.35 bits per heavy atom.